The first kappa shape index (κ1) is 19.1. The lowest BCUT2D eigenvalue weighted by molar-refractivity contribution is -0.385. The number of nitrogens with one attached hydrogen (secondary N) is 1. The molecule has 0 bridgehead atoms. The summed E-state index contributed by atoms with van der Waals surface area (Å²) in [5.41, 5.74) is 1.15. The molecule has 4 rings (SSSR count). The van der Waals surface area contributed by atoms with E-state index in [-0.39, 0.29) is 17.4 Å². The van der Waals surface area contributed by atoms with Crippen LogP contribution in [0.25, 0.3) is 10.8 Å². The number of rotatable bonds is 6. The lowest BCUT2D eigenvalue weighted by Gasteiger charge is -2.13. The molecule has 3 aromatic carbocycles. The van der Waals surface area contributed by atoms with E-state index in [9.17, 15) is 10.1 Å². The van der Waals surface area contributed by atoms with Crippen molar-refractivity contribution < 1.29 is 14.4 Å². The number of nitrogens with zero attached hydrogens (tertiary/aromatic N) is 3. The van der Waals surface area contributed by atoms with Crippen molar-refractivity contribution in [3.05, 3.63) is 82.7 Å². The summed E-state index contributed by atoms with van der Waals surface area (Å²) in [6, 6.07) is 18.6. The highest BCUT2D eigenvalue weighted by Gasteiger charge is 2.26. The van der Waals surface area contributed by atoms with Crippen LogP contribution in [0.5, 0.6) is 17.4 Å². The Hall–Kier alpha value is -4.20. The van der Waals surface area contributed by atoms with E-state index in [2.05, 4.69) is 15.3 Å². The van der Waals surface area contributed by atoms with Crippen molar-refractivity contribution >= 4 is 28.0 Å². The van der Waals surface area contributed by atoms with Crippen LogP contribution in [0.4, 0.5) is 17.2 Å². The van der Waals surface area contributed by atoms with Gasteiger partial charge in [0, 0.05) is 5.39 Å². The molecular weight excluding hydrogens is 384 g/mol. The number of hydrogen-bond acceptors (Lipinski definition) is 7. The fourth-order valence-electron chi connectivity index (χ4n) is 3.13. The van der Waals surface area contributed by atoms with Gasteiger partial charge in [0.25, 0.3) is 0 Å². The fourth-order valence-corrected chi connectivity index (χ4v) is 3.13. The van der Waals surface area contributed by atoms with E-state index in [0.717, 1.165) is 16.3 Å². The van der Waals surface area contributed by atoms with Crippen LogP contribution in [0.15, 0.2) is 67.0 Å². The number of benzene rings is 3. The van der Waals surface area contributed by atoms with Crippen LogP contribution in [-0.4, -0.2) is 22.0 Å². The number of methoxy groups -OCH3 is 1. The van der Waals surface area contributed by atoms with Crippen LogP contribution in [0.1, 0.15) is 5.56 Å². The van der Waals surface area contributed by atoms with E-state index in [1.165, 1.54) is 13.4 Å². The third-order valence-corrected chi connectivity index (χ3v) is 4.54. The van der Waals surface area contributed by atoms with Gasteiger partial charge in [-0.2, -0.15) is 4.98 Å². The summed E-state index contributed by atoms with van der Waals surface area (Å²) < 4.78 is 11.2. The lowest BCUT2D eigenvalue weighted by Crippen LogP contribution is -2.04. The number of aryl methyl sites for hydroxylation is 1. The normalized spacial score (nSPS) is 10.6. The second-order valence-corrected chi connectivity index (χ2v) is 6.54. The van der Waals surface area contributed by atoms with Gasteiger partial charge in [0.1, 0.15) is 17.8 Å². The van der Waals surface area contributed by atoms with Crippen molar-refractivity contribution in [3.8, 4) is 17.4 Å². The van der Waals surface area contributed by atoms with Crippen LogP contribution in [0.3, 0.4) is 0 Å². The first-order chi connectivity index (χ1) is 14.6. The molecule has 0 amide bonds. The fraction of sp³-hybridized carbons (Fsp3) is 0.0909. The van der Waals surface area contributed by atoms with Crippen LogP contribution >= 0.6 is 0 Å². The summed E-state index contributed by atoms with van der Waals surface area (Å²) in [7, 11) is 1.53. The summed E-state index contributed by atoms with van der Waals surface area (Å²) in [5.74, 6) is 0.855. The molecule has 0 saturated carbocycles. The number of nitro groups is 1. The Kier molecular flexibility index (Phi) is 5.13. The molecule has 1 aromatic heterocycles. The van der Waals surface area contributed by atoms with Gasteiger partial charge in [0.2, 0.25) is 5.82 Å². The molecule has 0 saturated heterocycles. The zero-order valence-electron chi connectivity index (χ0n) is 16.3. The van der Waals surface area contributed by atoms with E-state index in [1.807, 2.05) is 55.5 Å². The highest BCUT2D eigenvalue weighted by molar-refractivity contribution is 5.88. The quantitative estimate of drug-likeness (QED) is 0.341. The molecule has 1 heterocycles. The van der Waals surface area contributed by atoms with E-state index < -0.39 is 4.92 Å². The first-order valence-electron chi connectivity index (χ1n) is 9.13. The van der Waals surface area contributed by atoms with Crippen LogP contribution in [0, 0.1) is 17.0 Å². The van der Waals surface area contributed by atoms with Gasteiger partial charge in [-0.05, 0) is 36.1 Å². The molecule has 0 spiro atoms. The Morgan fingerprint density at radius 2 is 1.80 bits per heavy atom. The third kappa shape index (κ3) is 3.70. The standard InChI is InChI=1S/C22H18N4O4/c1-14-10-11-19(29-2)17(12-14)25-21-20(26(27)28)22(24-13-23-21)30-18-9-5-7-15-6-3-4-8-16(15)18/h3-13H,1-2H3,(H,23,24,25). The summed E-state index contributed by atoms with van der Waals surface area (Å²) in [5, 5.41) is 16.6. The monoisotopic (exact) mass is 402 g/mol. The zero-order valence-corrected chi connectivity index (χ0v) is 16.3. The maximum absolute atomic E-state index is 11.9. The molecule has 30 heavy (non-hydrogen) atoms. The average molecular weight is 402 g/mol. The van der Waals surface area contributed by atoms with Crippen LogP contribution in [0.2, 0.25) is 0 Å². The maximum atomic E-state index is 11.9. The minimum atomic E-state index is -0.564. The highest BCUT2D eigenvalue weighted by atomic mass is 16.6. The van der Waals surface area contributed by atoms with Crippen molar-refractivity contribution in [3.63, 3.8) is 0 Å². The number of hydrogen-bond donors (Lipinski definition) is 1. The number of fused-ring (bicyclic) bond motifs is 1. The molecule has 0 aliphatic carbocycles. The molecule has 0 aliphatic heterocycles. The molecule has 4 aromatic rings. The molecule has 8 nitrogen and oxygen atoms in total. The molecule has 1 N–H and O–H groups in total. The maximum Gasteiger partial charge on any atom is 0.373 e. The van der Waals surface area contributed by atoms with Gasteiger partial charge in [-0.1, -0.05) is 42.5 Å². The van der Waals surface area contributed by atoms with Gasteiger partial charge >= 0.3 is 11.6 Å². The molecule has 150 valence electrons. The van der Waals surface area contributed by atoms with Crippen LogP contribution in [-0.2, 0) is 0 Å². The Balaban J connectivity index is 1.77. The predicted octanol–water partition coefficient (Wildman–Crippen LogP) is 5.39. The van der Waals surface area contributed by atoms with Crippen molar-refractivity contribution in [1.82, 2.24) is 9.97 Å². The SMILES string of the molecule is COc1ccc(C)cc1Nc1ncnc(Oc2cccc3ccccc23)c1[N+](=O)[O-]. The molecule has 0 unspecified atom stereocenters. The number of anilines is 2. The molecule has 0 radical (unpaired) electrons. The van der Waals surface area contributed by atoms with Gasteiger partial charge < -0.3 is 14.8 Å². The molecule has 0 fully saturated rings. The van der Waals surface area contributed by atoms with Gasteiger partial charge in [0.15, 0.2) is 0 Å². The van der Waals surface area contributed by atoms with Gasteiger partial charge in [-0.15, -0.1) is 0 Å². The van der Waals surface area contributed by atoms with Crippen LogP contribution < -0.4 is 14.8 Å². The third-order valence-electron chi connectivity index (χ3n) is 4.54. The molecular formula is C22H18N4O4. The van der Waals surface area contributed by atoms with Crippen molar-refractivity contribution in [2.75, 3.05) is 12.4 Å². The Bertz CT molecular complexity index is 1240. The van der Waals surface area contributed by atoms with Crippen molar-refractivity contribution in [1.29, 1.82) is 0 Å². The van der Waals surface area contributed by atoms with E-state index in [4.69, 9.17) is 9.47 Å². The van der Waals surface area contributed by atoms with E-state index in [1.54, 1.807) is 12.1 Å². The molecule has 8 heteroatoms. The van der Waals surface area contributed by atoms with Crippen molar-refractivity contribution in [2.45, 2.75) is 6.92 Å². The summed E-state index contributed by atoms with van der Waals surface area (Å²) >= 11 is 0. The molecule has 0 aliphatic rings. The predicted molar refractivity (Wildman–Crippen MR) is 114 cm³/mol. The second-order valence-electron chi connectivity index (χ2n) is 6.54. The smallest absolute Gasteiger partial charge is 0.373 e. The number of aromatic nitrogens is 2. The Morgan fingerprint density at radius 3 is 2.60 bits per heavy atom. The summed E-state index contributed by atoms with van der Waals surface area (Å²) in [4.78, 5) is 19.4. The second kappa shape index (κ2) is 8.04. The van der Waals surface area contributed by atoms with E-state index >= 15 is 0 Å². The summed E-state index contributed by atoms with van der Waals surface area (Å²) in [6.45, 7) is 1.91. The first-order valence-corrected chi connectivity index (χ1v) is 9.13. The topological polar surface area (TPSA) is 99.4 Å². The largest absolute Gasteiger partial charge is 0.495 e. The average Bonchev–Trinajstić information content (AvgIpc) is 2.74. The Morgan fingerprint density at radius 1 is 1.00 bits per heavy atom. The lowest BCUT2D eigenvalue weighted by atomic mass is 10.1. The zero-order chi connectivity index (χ0) is 21.1. The Labute approximate surface area is 172 Å². The van der Waals surface area contributed by atoms with E-state index in [0.29, 0.717) is 17.2 Å². The van der Waals surface area contributed by atoms with Gasteiger partial charge in [0.05, 0.1) is 17.7 Å². The highest BCUT2D eigenvalue weighted by Crippen LogP contribution is 2.39. The van der Waals surface area contributed by atoms with Crippen molar-refractivity contribution in [2.24, 2.45) is 0 Å². The summed E-state index contributed by atoms with van der Waals surface area (Å²) in [6.07, 6.45) is 1.22. The minimum Gasteiger partial charge on any atom is -0.495 e. The number of ether oxygens (including phenoxy) is 2. The van der Waals surface area contributed by atoms with Gasteiger partial charge in [-0.25, -0.2) is 4.98 Å². The van der Waals surface area contributed by atoms with Gasteiger partial charge in [-0.3, -0.25) is 10.1 Å². The molecule has 0 atom stereocenters. The minimum absolute atomic E-state index is 0.00846.